The molecule has 5 rings (SSSR count). The van der Waals surface area contributed by atoms with Gasteiger partial charge in [-0.05, 0) is 24.1 Å². The highest BCUT2D eigenvalue weighted by atomic mass is 19.1. The monoisotopic (exact) mass is 475 g/mol. The summed E-state index contributed by atoms with van der Waals surface area (Å²) in [6.45, 7) is 7.02. The SMILES string of the molecule is C=N/C=C\N(N)c1ncc(F)c2c(C(=O)C(=O)N3CC4CN(Cc5ccccc5)CC4C3)c[nH]c12. The Hall–Kier alpha value is -3.89. The Morgan fingerprint density at radius 1 is 1.23 bits per heavy atom. The molecule has 2 aliphatic rings. The highest BCUT2D eigenvalue weighted by Crippen LogP contribution is 2.33. The first-order chi connectivity index (χ1) is 17.0. The Morgan fingerprint density at radius 3 is 2.63 bits per heavy atom. The number of fused-ring (bicyclic) bond motifs is 2. The molecule has 180 valence electrons. The summed E-state index contributed by atoms with van der Waals surface area (Å²) in [5, 5.41) is 1.11. The number of hydrogen-bond donors (Lipinski definition) is 2. The van der Waals surface area contributed by atoms with Crippen LogP contribution < -0.4 is 10.9 Å². The molecule has 2 saturated heterocycles. The summed E-state index contributed by atoms with van der Waals surface area (Å²) in [6.07, 6.45) is 5.05. The summed E-state index contributed by atoms with van der Waals surface area (Å²) in [5.41, 5.74) is 1.44. The summed E-state index contributed by atoms with van der Waals surface area (Å²) in [5.74, 6) is 4.69. The van der Waals surface area contributed by atoms with Crippen molar-refractivity contribution in [1.82, 2.24) is 19.8 Å². The summed E-state index contributed by atoms with van der Waals surface area (Å²) < 4.78 is 14.7. The van der Waals surface area contributed by atoms with Crippen molar-refractivity contribution in [3.8, 4) is 0 Å². The topological polar surface area (TPSA) is 111 Å². The molecule has 0 spiro atoms. The van der Waals surface area contributed by atoms with E-state index in [4.69, 9.17) is 5.84 Å². The van der Waals surface area contributed by atoms with E-state index >= 15 is 0 Å². The van der Waals surface area contributed by atoms with Crippen molar-refractivity contribution in [2.75, 3.05) is 31.2 Å². The van der Waals surface area contributed by atoms with Gasteiger partial charge in [0, 0.05) is 51.3 Å². The van der Waals surface area contributed by atoms with Crippen LogP contribution >= 0.6 is 0 Å². The van der Waals surface area contributed by atoms with E-state index < -0.39 is 17.5 Å². The second kappa shape index (κ2) is 9.40. The van der Waals surface area contributed by atoms with Crippen molar-refractivity contribution < 1.29 is 14.0 Å². The Morgan fingerprint density at radius 2 is 1.94 bits per heavy atom. The van der Waals surface area contributed by atoms with Gasteiger partial charge in [0.1, 0.15) is 0 Å². The van der Waals surface area contributed by atoms with Crippen LogP contribution in [-0.2, 0) is 11.3 Å². The molecule has 2 unspecified atom stereocenters. The maximum absolute atomic E-state index is 14.7. The van der Waals surface area contributed by atoms with Gasteiger partial charge in [0.05, 0.1) is 22.7 Å². The third kappa shape index (κ3) is 4.33. The van der Waals surface area contributed by atoms with E-state index in [2.05, 4.69) is 38.7 Å². The zero-order chi connectivity index (χ0) is 24.5. The van der Waals surface area contributed by atoms with Gasteiger partial charge in [-0.25, -0.2) is 15.2 Å². The first-order valence-corrected chi connectivity index (χ1v) is 11.4. The molecule has 0 radical (unpaired) electrons. The van der Waals surface area contributed by atoms with E-state index in [0.717, 1.165) is 30.8 Å². The molecule has 1 amide bonds. The zero-order valence-electron chi connectivity index (χ0n) is 19.1. The molecule has 0 saturated carbocycles. The summed E-state index contributed by atoms with van der Waals surface area (Å²) in [4.78, 5) is 40.7. The number of ketones is 1. The number of likely N-dealkylation sites (tertiary alicyclic amines) is 2. The Bertz CT molecular complexity index is 1290. The Kier molecular flexibility index (Phi) is 6.14. The Labute approximate surface area is 201 Å². The number of halogens is 1. The fraction of sp³-hybridized carbons (Fsp3) is 0.280. The third-order valence-corrected chi connectivity index (χ3v) is 6.76. The molecular formula is C25H26FN7O2. The molecule has 0 aliphatic carbocycles. The van der Waals surface area contributed by atoms with E-state index in [0.29, 0.717) is 24.9 Å². The van der Waals surface area contributed by atoms with Crippen LogP contribution in [0.25, 0.3) is 10.9 Å². The second-order valence-corrected chi connectivity index (χ2v) is 9.01. The van der Waals surface area contributed by atoms with Gasteiger partial charge in [0.2, 0.25) is 0 Å². The van der Waals surface area contributed by atoms with Crippen LogP contribution in [0.5, 0.6) is 0 Å². The van der Waals surface area contributed by atoms with E-state index in [-0.39, 0.29) is 22.3 Å². The third-order valence-electron chi connectivity index (χ3n) is 6.76. The number of carbonyl (C=O) groups is 2. The molecule has 2 atom stereocenters. The van der Waals surface area contributed by atoms with Crippen LogP contribution in [0.2, 0.25) is 0 Å². The predicted molar refractivity (Wildman–Crippen MR) is 131 cm³/mol. The molecule has 2 aliphatic heterocycles. The van der Waals surface area contributed by atoms with Gasteiger partial charge in [-0.15, -0.1) is 0 Å². The largest absolute Gasteiger partial charge is 0.357 e. The van der Waals surface area contributed by atoms with Crippen molar-refractivity contribution in [2.24, 2.45) is 22.7 Å². The molecular weight excluding hydrogens is 449 g/mol. The van der Waals surface area contributed by atoms with E-state index in [1.54, 1.807) is 4.90 Å². The first kappa shape index (κ1) is 22.9. The number of carbonyl (C=O) groups excluding carboxylic acids is 2. The number of nitrogens with one attached hydrogen (secondary N) is 1. The Balaban J connectivity index is 1.29. The van der Waals surface area contributed by atoms with Gasteiger partial charge >= 0.3 is 0 Å². The number of aliphatic imine (C=N–C) groups is 1. The molecule has 1 aromatic carbocycles. The number of H-pyrrole nitrogens is 1. The number of nitrogens with zero attached hydrogens (tertiary/aromatic N) is 5. The number of aromatic nitrogens is 2. The molecule has 3 N–H and O–H groups in total. The van der Waals surface area contributed by atoms with Crippen LogP contribution in [0.3, 0.4) is 0 Å². The van der Waals surface area contributed by atoms with Gasteiger partial charge in [-0.1, -0.05) is 30.3 Å². The minimum absolute atomic E-state index is 0.0165. The van der Waals surface area contributed by atoms with Crippen molar-refractivity contribution >= 4 is 35.1 Å². The molecule has 9 nitrogen and oxygen atoms in total. The van der Waals surface area contributed by atoms with E-state index in [9.17, 15) is 14.0 Å². The minimum Gasteiger partial charge on any atom is -0.357 e. The van der Waals surface area contributed by atoms with Crippen LogP contribution in [0.15, 0.2) is 60.1 Å². The maximum Gasteiger partial charge on any atom is 0.295 e. The highest BCUT2D eigenvalue weighted by molar-refractivity contribution is 6.45. The van der Waals surface area contributed by atoms with Gasteiger partial charge in [0.15, 0.2) is 11.6 Å². The minimum atomic E-state index is -0.750. The normalized spacial score (nSPS) is 20.0. The van der Waals surface area contributed by atoms with Crippen molar-refractivity contribution in [2.45, 2.75) is 6.54 Å². The molecule has 0 bridgehead atoms. The lowest BCUT2D eigenvalue weighted by Gasteiger charge is -2.21. The first-order valence-electron chi connectivity index (χ1n) is 11.4. The predicted octanol–water partition coefficient (Wildman–Crippen LogP) is 2.33. The van der Waals surface area contributed by atoms with Crippen LogP contribution in [-0.4, -0.2) is 64.4 Å². The van der Waals surface area contributed by atoms with E-state index in [1.807, 2.05) is 18.2 Å². The second-order valence-electron chi connectivity index (χ2n) is 9.01. The van der Waals surface area contributed by atoms with Crippen LogP contribution in [0.1, 0.15) is 15.9 Å². The average Bonchev–Trinajstić information content (AvgIpc) is 3.56. The molecule has 10 heteroatoms. The highest BCUT2D eigenvalue weighted by Gasteiger charge is 2.43. The molecule has 4 heterocycles. The molecule has 3 aromatic rings. The average molecular weight is 476 g/mol. The number of nitrogens with two attached hydrogens (primary N) is 1. The summed E-state index contributed by atoms with van der Waals surface area (Å²) in [7, 11) is 0. The zero-order valence-corrected chi connectivity index (χ0v) is 19.1. The lowest BCUT2D eigenvalue weighted by Crippen LogP contribution is -2.37. The lowest BCUT2D eigenvalue weighted by molar-refractivity contribution is -0.125. The van der Waals surface area contributed by atoms with Gasteiger partial charge in [-0.3, -0.25) is 24.5 Å². The summed E-state index contributed by atoms with van der Waals surface area (Å²) >= 11 is 0. The van der Waals surface area contributed by atoms with Crippen molar-refractivity contribution in [1.29, 1.82) is 0 Å². The number of amides is 1. The summed E-state index contributed by atoms with van der Waals surface area (Å²) in [6, 6.07) is 10.3. The standard InChI is InChI=1S/C25H26FN7O2/c1-28-7-8-33(27)24-22-21(20(26)10-30-24)19(9-29-22)23(34)25(35)32-14-17-12-31(13-18(17)15-32)11-16-5-3-2-4-6-16/h2-10,17-18,29H,1,11-15,27H2/b8-7-. The van der Waals surface area contributed by atoms with Gasteiger partial charge < -0.3 is 9.88 Å². The maximum atomic E-state index is 14.7. The number of pyridine rings is 1. The van der Waals surface area contributed by atoms with Crippen LogP contribution in [0, 0.1) is 17.7 Å². The number of aromatic amines is 1. The number of rotatable bonds is 7. The molecule has 2 aromatic heterocycles. The fourth-order valence-corrected chi connectivity index (χ4v) is 5.14. The fourth-order valence-electron chi connectivity index (χ4n) is 5.14. The number of hydrazine groups is 1. The van der Waals surface area contributed by atoms with Crippen molar-refractivity contribution in [3.63, 3.8) is 0 Å². The quantitative estimate of drug-likeness (QED) is 0.178. The number of anilines is 1. The number of hydrogen-bond acceptors (Lipinski definition) is 7. The smallest absolute Gasteiger partial charge is 0.295 e. The molecule has 2 fully saturated rings. The van der Waals surface area contributed by atoms with Crippen LogP contribution in [0.4, 0.5) is 10.2 Å². The van der Waals surface area contributed by atoms with Gasteiger partial charge in [-0.2, -0.15) is 0 Å². The van der Waals surface area contributed by atoms with E-state index in [1.165, 1.54) is 24.2 Å². The number of benzene rings is 1. The molecule has 35 heavy (non-hydrogen) atoms. The van der Waals surface area contributed by atoms with Gasteiger partial charge in [0.25, 0.3) is 11.7 Å². The number of Topliss-reactive ketones (excluding diaryl/α,β-unsaturated/α-hetero) is 1. The lowest BCUT2D eigenvalue weighted by atomic mass is 10.0. The van der Waals surface area contributed by atoms with Crippen molar-refractivity contribution in [3.05, 3.63) is 72.1 Å².